The van der Waals surface area contributed by atoms with Crippen molar-refractivity contribution in [2.75, 3.05) is 10.1 Å². The van der Waals surface area contributed by atoms with Gasteiger partial charge >= 0.3 is 0 Å². The number of nitro groups is 1. The molecule has 0 bridgehead atoms. The first-order valence-corrected chi connectivity index (χ1v) is 12.7. The van der Waals surface area contributed by atoms with Crippen molar-refractivity contribution in [3.05, 3.63) is 104 Å². The number of hydrogen-bond acceptors (Lipinski definition) is 7. The van der Waals surface area contributed by atoms with Gasteiger partial charge in [0, 0.05) is 12.1 Å². The predicted molar refractivity (Wildman–Crippen MR) is 140 cm³/mol. The molecule has 4 rings (SSSR count). The molecule has 190 valence electrons. The van der Waals surface area contributed by atoms with Crippen LogP contribution in [-0.4, -0.2) is 29.3 Å². The third-order valence-corrected chi connectivity index (χ3v) is 7.18. The summed E-state index contributed by atoms with van der Waals surface area (Å²) >= 11 is 12.5. The Labute approximate surface area is 220 Å². The van der Waals surface area contributed by atoms with Gasteiger partial charge in [-0.15, -0.1) is 0 Å². The van der Waals surface area contributed by atoms with Gasteiger partial charge in [0.25, 0.3) is 15.7 Å². The molecule has 1 heterocycles. The number of nitro benzene ring substituents is 1. The molecule has 0 aliphatic heterocycles. The van der Waals surface area contributed by atoms with Crippen LogP contribution in [0.2, 0.25) is 10.2 Å². The number of benzene rings is 3. The molecule has 4 aromatic rings. The molecule has 14 heteroatoms. The normalized spacial score (nSPS) is 11.6. The SMILES string of the molecule is Cc1nn(-c2ccc(F)cc2)c(Cl)c1C=NNc1ccc([N+](=O)[O-])cc1S(=O)(=O)Nc1ccccc1Cl. The van der Waals surface area contributed by atoms with Gasteiger partial charge in [0.1, 0.15) is 15.9 Å². The van der Waals surface area contributed by atoms with Crippen molar-refractivity contribution in [2.24, 2.45) is 5.10 Å². The van der Waals surface area contributed by atoms with E-state index >= 15 is 0 Å². The number of hydrogen-bond donors (Lipinski definition) is 2. The summed E-state index contributed by atoms with van der Waals surface area (Å²) in [6.07, 6.45) is 1.32. The minimum absolute atomic E-state index is 0.0406. The number of nitrogens with zero attached hydrogens (tertiary/aromatic N) is 4. The molecule has 0 fully saturated rings. The van der Waals surface area contributed by atoms with E-state index in [4.69, 9.17) is 23.2 Å². The fourth-order valence-electron chi connectivity index (χ4n) is 3.26. The molecule has 0 unspecified atom stereocenters. The van der Waals surface area contributed by atoms with Crippen LogP contribution in [0.4, 0.5) is 21.5 Å². The second kappa shape index (κ2) is 10.5. The molecular weight excluding hydrogens is 546 g/mol. The quantitative estimate of drug-likeness (QED) is 0.159. The van der Waals surface area contributed by atoms with Crippen LogP contribution in [0.5, 0.6) is 0 Å². The van der Waals surface area contributed by atoms with E-state index in [0.29, 0.717) is 16.9 Å². The summed E-state index contributed by atoms with van der Waals surface area (Å²) in [6.45, 7) is 1.68. The maximum atomic E-state index is 13.3. The van der Waals surface area contributed by atoms with Crippen LogP contribution in [0.1, 0.15) is 11.3 Å². The Hall–Kier alpha value is -4.00. The molecule has 0 radical (unpaired) electrons. The van der Waals surface area contributed by atoms with Crippen LogP contribution in [-0.2, 0) is 10.0 Å². The monoisotopic (exact) mass is 562 g/mol. The molecule has 2 N–H and O–H groups in total. The van der Waals surface area contributed by atoms with Gasteiger partial charge in [-0.2, -0.15) is 10.2 Å². The van der Waals surface area contributed by atoms with Crippen molar-refractivity contribution in [1.82, 2.24) is 9.78 Å². The van der Waals surface area contributed by atoms with Gasteiger partial charge in [-0.25, -0.2) is 17.5 Å². The number of aromatic nitrogens is 2. The molecule has 0 spiro atoms. The average molecular weight is 563 g/mol. The van der Waals surface area contributed by atoms with Crippen LogP contribution >= 0.6 is 23.2 Å². The van der Waals surface area contributed by atoms with Crippen LogP contribution in [0.25, 0.3) is 5.69 Å². The number of sulfonamides is 1. The second-order valence-corrected chi connectivity index (χ2v) is 9.99. The molecule has 0 saturated heterocycles. The molecular formula is C23H17Cl2FN6O4S. The fourth-order valence-corrected chi connectivity index (χ4v) is 5.08. The number of non-ortho nitro benzene ring substituents is 1. The van der Waals surface area contributed by atoms with Crippen molar-refractivity contribution in [2.45, 2.75) is 11.8 Å². The zero-order chi connectivity index (χ0) is 26.7. The largest absolute Gasteiger partial charge is 0.278 e. The lowest BCUT2D eigenvalue weighted by Gasteiger charge is -2.12. The number of para-hydroxylation sites is 1. The van der Waals surface area contributed by atoms with Gasteiger partial charge in [-0.05, 0) is 49.4 Å². The highest BCUT2D eigenvalue weighted by Gasteiger charge is 2.23. The van der Waals surface area contributed by atoms with Crippen molar-refractivity contribution in [1.29, 1.82) is 0 Å². The van der Waals surface area contributed by atoms with Crippen LogP contribution in [0.3, 0.4) is 0 Å². The molecule has 0 aliphatic rings. The first-order valence-electron chi connectivity index (χ1n) is 10.4. The lowest BCUT2D eigenvalue weighted by molar-refractivity contribution is -0.385. The zero-order valence-corrected chi connectivity index (χ0v) is 21.2. The first kappa shape index (κ1) is 26.1. The summed E-state index contributed by atoms with van der Waals surface area (Å²) in [5, 5.41) is 20.0. The highest BCUT2D eigenvalue weighted by atomic mass is 35.5. The second-order valence-electron chi connectivity index (χ2n) is 7.57. The Morgan fingerprint density at radius 2 is 1.78 bits per heavy atom. The molecule has 0 saturated carbocycles. The number of aryl methyl sites for hydroxylation is 1. The number of nitrogens with one attached hydrogen (secondary N) is 2. The molecule has 37 heavy (non-hydrogen) atoms. The molecule has 0 amide bonds. The smallest absolute Gasteiger partial charge is 0.270 e. The van der Waals surface area contributed by atoms with Gasteiger partial charge in [-0.1, -0.05) is 35.3 Å². The van der Waals surface area contributed by atoms with E-state index in [1.54, 1.807) is 19.1 Å². The van der Waals surface area contributed by atoms with Crippen molar-refractivity contribution in [3.63, 3.8) is 0 Å². The summed E-state index contributed by atoms with van der Waals surface area (Å²) in [7, 11) is -4.32. The Kier molecular flexibility index (Phi) is 7.43. The third kappa shape index (κ3) is 5.71. The van der Waals surface area contributed by atoms with Crippen molar-refractivity contribution >= 4 is 56.5 Å². The fraction of sp³-hybridized carbons (Fsp3) is 0.0435. The number of anilines is 2. The maximum absolute atomic E-state index is 13.3. The Balaban J connectivity index is 1.66. The lowest BCUT2D eigenvalue weighted by Crippen LogP contribution is -2.15. The zero-order valence-electron chi connectivity index (χ0n) is 18.9. The highest BCUT2D eigenvalue weighted by Crippen LogP contribution is 2.30. The standard InChI is InChI=1S/C23H17Cl2FN6O4S/c1-14-18(23(25)31(29-14)16-8-6-15(26)7-9-16)13-27-28-21-11-10-17(32(33)34)12-22(21)37(35,36)30-20-5-3-2-4-19(20)24/h2-13,28,30H,1H3. The minimum atomic E-state index is -4.32. The van der Waals surface area contributed by atoms with Crippen molar-refractivity contribution in [3.8, 4) is 5.69 Å². The topological polar surface area (TPSA) is 132 Å². The van der Waals surface area contributed by atoms with Crippen LogP contribution in [0.15, 0.2) is 76.7 Å². The first-order chi connectivity index (χ1) is 17.6. The highest BCUT2D eigenvalue weighted by molar-refractivity contribution is 7.93. The number of hydrazone groups is 1. The van der Waals surface area contributed by atoms with E-state index < -0.39 is 31.3 Å². The number of rotatable bonds is 8. The van der Waals surface area contributed by atoms with Crippen molar-refractivity contribution < 1.29 is 17.7 Å². The van der Waals surface area contributed by atoms with E-state index in [1.165, 1.54) is 53.4 Å². The van der Waals surface area contributed by atoms with E-state index in [-0.39, 0.29) is 21.6 Å². The number of halogens is 3. The Morgan fingerprint density at radius 1 is 1.08 bits per heavy atom. The van der Waals surface area contributed by atoms with E-state index in [2.05, 4.69) is 20.3 Å². The van der Waals surface area contributed by atoms with Gasteiger partial charge in [-0.3, -0.25) is 20.3 Å². The van der Waals surface area contributed by atoms with Crippen LogP contribution < -0.4 is 10.1 Å². The Bertz CT molecular complexity index is 1620. The molecule has 0 atom stereocenters. The molecule has 3 aromatic carbocycles. The minimum Gasteiger partial charge on any atom is -0.278 e. The van der Waals surface area contributed by atoms with Crippen LogP contribution in [0, 0.1) is 22.9 Å². The summed E-state index contributed by atoms with van der Waals surface area (Å²) in [6, 6.07) is 15.0. The van der Waals surface area contributed by atoms with E-state index in [0.717, 1.165) is 12.1 Å². The van der Waals surface area contributed by atoms with Gasteiger partial charge < -0.3 is 0 Å². The summed E-state index contributed by atoms with van der Waals surface area (Å²) in [5.74, 6) is -0.410. The molecule has 10 nitrogen and oxygen atoms in total. The predicted octanol–water partition coefficient (Wildman–Crippen LogP) is 5.78. The average Bonchev–Trinajstić information content (AvgIpc) is 3.14. The van der Waals surface area contributed by atoms with E-state index in [1.807, 2.05) is 0 Å². The Morgan fingerprint density at radius 3 is 2.46 bits per heavy atom. The van der Waals surface area contributed by atoms with Gasteiger partial charge in [0.05, 0.1) is 44.5 Å². The van der Waals surface area contributed by atoms with E-state index in [9.17, 15) is 22.9 Å². The summed E-state index contributed by atoms with van der Waals surface area (Å²) in [5.41, 5.74) is 3.65. The lowest BCUT2D eigenvalue weighted by atomic mass is 10.3. The molecule has 0 aliphatic carbocycles. The molecule has 1 aromatic heterocycles. The van der Waals surface area contributed by atoms with Gasteiger partial charge in [0.2, 0.25) is 0 Å². The summed E-state index contributed by atoms with van der Waals surface area (Å²) < 4.78 is 43.2. The third-order valence-electron chi connectivity index (χ3n) is 5.08. The summed E-state index contributed by atoms with van der Waals surface area (Å²) in [4.78, 5) is 10.1. The maximum Gasteiger partial charge on any atom is 0.270 e. The van der Waals surface area contributed by atoms with Gasteiger partial charge in [0.15, 0.2) is 0 Å².